The van der Waals surface area contributed by atoms with Gasteiger partial charge in [0, 0.05) is 6.42 Å². The van der Waals surface area contributed by atoms with Crippen molar-refractivity contribution in [1.82, 2.24) is 0 Å². The normalized spacial score (nSPS) is 9.25. The van der Waals surface area contributed by atoms with Crippen molar-refractivity contribution in [1.29, 1.82) is 5.26 Å². The molecule has 1 nitrogen and oxygen atoms in total. The van der Waals surface area contributed by atoms with E-state index >= 15 is 0 Å². The smallest absolute Gasteiger partial charge is 0.198 e. The molecule has 4 heteroatoms. The zero-order chi connectivity index (χ0) is 6.41. The fraction of sp³-hybridized carbons (Fsp3) is 0.750. The van der Waals surface area contributed by atoms with E-state index in [1.807, 2.05) is 6.07 Å². The first kappa shape index (κ1) is 8.29. The summed E-state index contributed by atoms with van der Waals surface area (Å²) in [5.74, 6) is 0. The standard InChI is InChI=1S/C4H6Cl2NSi/c5-8(6)4-2-1-3-7/h1-2,4H2. The van der Waals surface area contributed by atoms with Crippen molar-refractivity contribution in [2.24, 2.45) is 0 Å². The molecular formula is C4H6Cl2NSi. The van der Waals surface area contributed by atoms with Crippen molar-refractivity contribution < 1.29 is 0 Å². The van der Waals surface area contributed by atoms with Crippen LogP contribution in [0.3, 0.4) is 0 Å². The van der Waals surface area contributed by atoms with Gasteiger partial charge in [-0.05, 0) is 12.5 Å². The molecule has 0 N–H and O–H groups in total. The fourth-order valence-corrected chi connectivity index (χ4v) is 1.55. The number of unbranched alkanes of at least 4 members (excludes halogenated alkanes) is 1. The highest BCUT2D eigenvalue weighted by Crippen LogP contribution is 2.07. The molecule has 0 heterocycles. The molecule has 0 aromatic rings. The zero-order valence-corrected chi connectivity index (χ0v) is 6.84. The predicted octanol–water partition coefficient (Wildman–Crippen LogP) is 2.26. The summed E-state index contributed by atoms with van der Waals surface area (Å²) in [6, 6.07) is 2.84. The molecule has 0 rings (SSSR count). The Morgan fingerprint density at radius 1 is 1.50 bits per heavy atom. The molecule has 0 atom stereocenters. The molecule has 0 fully saturated rings. The quantitative estimate of drug-likeness (QED) is 0.359. The van der Waals surface area contributed by atoms with Gasteiger partial charge in [0.05, 0.1) is 6.07 Å². The molecule has 0 amide bonds. The van der Waals surface area contributed by atoms with Gasteiger partial charge >= 0.3 is 0 Å². The largest absolute Gasteiger partial charge is 0.273 e. The Morgan fingerprint density at radius 2 is 2.12 bits per heavy atom. The van der Waals surface area contributed by atoms with Crippen LogP contribution in [0, 0.1) is 11.3 Å². The summed E-state index contributed by atoms with van der Waals surface area (Å²) in [6.45, 7) is 0. The number of nitriles is 1. The Bertz CT molecular complexity index is 88.5. The number of hydrogen-bond acceptors (Lipinski definition) is 1. The van der Waals surface area contributed by atoms with Crippen molar-refractivity contribution in [3.05, 3.63) is 0 Å². The molecule has 8 heavy (non-hydrogen) atoms. The summed E-state index contributed by atoms with van der Waals surface area (Å²) in [7, 11) is -1.11. The molecule has 0 aliphatic heterocycles. The van der Waals surface area contributed by atoms with Crippen molar-refractivity contribution in [3.63, 3.8) is 0 Å². The Hall–Kier alpha value is 0.287. The van der Waals surface area contributed by atoms with Crippen LogP contribution < -0.4 is 0 Å². The Balaban J connectivity index is 2.85. The molecule has 45 valence electrons. The summed E-state index contributed by atoms with van der Waals surface area (Å²) < 4.78 is 0. The average molecular weight is 167 g/mol. The van der Waals surface area contributed by atoms with E-state index in [4.69, 9.17) is 27.4 Å². The van der Waals surface area contributed by atoms with Gasteiger partial charge in [0.25, 0.3) is 7.42 Å². The number of rotatable bonds is 3. The van der Waals surface area contributed by atoms with Crippen molar-refractivity contribution >= 4 is 29.6 Å². The molecule has 0 saturated heterocycles. The van der Waals surface area contributed by atoms with Gasteiger partial charge in [0.15, 0.2) is 0 Å². The number of nitrogens with zero attached hydrogens (tertiary/aromatic N) is 1. The summed E-state index contributed by atoms with van der Waals surface area (Å²) in [5, 5.41) is 8.05. The van der Waals surface area contributed by atoms with Crippen LogP contribution in [0.1, 0.15) is 12.8 Å². The highest BCUT2D eigenvalue weighted by Gasteiger charge is 2.00. The van der Waals surface area contributed by atoms with E-state index < -0.39 is 7.42 Å². The van der Waals surface area contributed by atoms with Gasteiger partial charge in [-0.15, -0.1) is 22.2 Å². The third-order valence-electron chi connectivity index (χ3n) is 0.654. The minimum Gasteiger partial charge on any atom is -0.198 e. The fourth-order valence-electron chi connectivity index (χ4n) is 0.301. The maximum Gasteiger partial charge on any atom is 0.273 e. The van der Waals surface area contributed by atoms with E-state index in [0.29, 0.717) is 6.42 Å². The molecule has 0 aliphatic carbocycles. The Labute approximate surface area is 60.2 Å². The molecule has 0 spiro atoms. The minimum atomic E-state index is -1.11. The first-order chi connectivity index (χ1) is 3.77. The van der Waals surface area contributed by atoms with Crippen molar-refractivity contribution in [3.8, 4) is 6.07 Å². The lowest BCUT2D eigenvalue weighted by atomic mass is 10.4. The van der Waals surface area contributed by atoms with Gasteiger partial charge in [-0.2, -0.15) is 5.26 Å². The van der Waals surface area contributed by atoms with E-state index in [1.54, 1.807) is 0 Å². The lowest BCUT2D eigenvalue weighted by Gasteiger charge is -1.89. The monoisotopic (exact) mass is 166 g/mol. The van der Waals surface area contributed by atoms with Crippen LogP contribution in [0.15, 0.2) is 0 Å². The molecule has 0 aromatic carbocycles. The molecule has 0 saturated carbocycles. The van der Waals surface area contributed by atoms with Crippen molar-refractivity contribution in [2.45, 2.75) is 18.9 Å². The lowest BCUT2D eigenvalue weighted by molar-refractivity contribution is 0.962. The van der Waals surface area contributed by atoms with Crippen LogP contribution in [-0.2, 0) is 0 Å². The van der Waals surface area contributed by atoms with Crippen LogP contribution in [0.2, 0.25) is 6.04 Å². The van der Waals surface area contributed by atoms with Crippen LogP contribution in [-0.4, -0.2) is 7.42 Å². The van der Waals surface area contributed by atoms with Gasteiger partial charge in [-0.1, -0.05) is 0 Å². The minimum absolute atomic E-state index is 0.577. The zero-order valence-electron chi connectivity index (χ0n) is 4.32. The third-order valence-corrected chi connectivity index (χ3v) is 2.52. The second kappa shape index (κ2) is 5.42. The van der Waals surface area contributed by atoms with Crippen molar-refractivity contribution in [2.75, 3.05) is 0 Å². The highest BCUT2D eigenvalue weighted by atomic mass is 35.7. The first-order valence-corrected chi connectivity index (χ1v) is 6.04. The molecule has 0 aromatic heterocycles. The lowest BCUT2D eigenvalue weighted by Crippen LogP contribution is -1.89. The predicted molar refractivity (Wildman–Crippen MR) is 37.1 cm³/mol. The Kier molecular flexibility index (Phi) is 5.62. The summed E-state index contributed by atoms with van der Waals surface area (Å²) in [6.07, 6.45) is 1.42. The van der Waals surface area contributed by atoms with Crippen LogP contribution in [0.5, 0.6) is 0 Å². The van der Waals surface area contributed by atoms with Gasteiger partial charge < -0.3 is 0 Å². The van der Waals surface area contributed by atoms with E-state index in [-0.39, 0.29) is 0 Å². The van der Waals surface area contributed by atoms with E-state index in [2.05, 4.69) is 0 Å². The third kappa shape index (κ3) is 6.29. The Morgan fingerprint density at radius 3 is 2.50 bits per heavy atom. The van der Waals surface area contributed by atoms with Crippen LogP contribution >= 0.6 is 22.2 Å². The molecule has 0 unspecified atom stereocenters. The van der Waals surface area contributed by atoms with Crippen LogP contribution in [0.25, 0.3) is 0 Å². The van der Waals surface area contributed by atoms with Gasteiger partial charge in [0.1, 0.15) is 0 Å². The van der Waals surface area contributed by atoms with E-state index in [0.717, 1.165) is 12.5 Å². The summed E-state index contributed by atoms with van der Waals surface area (Å²) in [4.78, 5) is 0. The second-order valence-corrected chi connectivity index (χ2v) is 5.85. The molecular weight excluding hydrogens is 161 g/mol. The highest BCUT2D eigenvalue weighted by molar-refractivity contribution is 7.33. The maximum atomic E-state index is 8.05. The molecule has 1 radical (unpaired) electrons. The van der Waals surface area contributed by atoms with Gasteiger partial charge in [-0.25, -0.2) is 0 Å². The second-order valence-electron chi connectivity index (χ2n) is 1.35. The van der Waals surface area contributed by atoms with E-state index in [9.17, 15) is 0 Å². The number of halogens is 2. The topological polar surface area (TPSA) is 23.8 Å². The number of hydrogen-bond donors (Lipinski definition) is 0. The van der Waals surface area contributed by atoms with E-state index in [1.165, 1.54) is 0 Å². The van der Waals surface area contributed by atoms with Gasteiger partial charge in [0.2, 0.25) is 0 Å². The van der Waals surface area contributed by atoms with Gasteiger partial charge in [-0.3, -0.25) is 0 Å². The molecule has 0 aliphatic rings. The summed E-state index contributed by atoms with van der Waals surface area (Å²) in [5.41, 5.74) is 0. The molecule has 0 bridgehead atoms. The first-order valence-electron chi connectivity index (χ1n) is 2.31. The SMILES string of the molecule is N#CCCC[Si](Cl)Cl. The summed E-state index contributed by atoms with van der Waals surface area (Å²) >= 11 is 10.9. The average Bonchev–Trinajstić information content (AvgIpc) is 1.66. The maximum absolute atomic E-state index is 8.05. The van der Waals surface area contributed by atoms with Crippen LogP contribution in [0.4, 0.5) is 0 Å².